The van der Waals surface area contributed by atoms with Crippen molar-refractivity contribution < 1.29 is 0 Å². The Morgan fingerprint density at radius 2 is 2.50 bits per heavy atom. The molecule has 1 aromatic heterocycles. The lowest BCUT2D eigenvalue weighted by atomic mass is 10.2. The van der Waals surface area contributed by atoms with Gasteiger partial charge in [-0.15, -0.1) is 17.9 Å². The number of halogens is 1. The van der Waals surface area contributed by atoms with E-state index in [0.717, 1.165) is 19.4 Å². The van der Waals surface area contributed by atoms with Gasteiger partial charge in [-0.05, 0) is 41.8 Å². The average Bonchev–Trinajstić information content (AvgIpc) is 2.58. The van der Waals surface area contributed by atoms with E-state index in [1.807, 2.05) is 6.08 Å². The van der Waals surface area contributed by atoms with Crippen LogP contribution in [0, 0.1) is 0 Å². The first-order valence-electron chi connectivity index (χ1n) is 4.79. The summed E-state index contributed by atoms with van der Waals surface area (Å²) in [7, 11) is 0. The smallest absolute Gasteiger partial charge is 0.0302 e. The highest BCUT2D eigenvalue weighted by atomic mass is 79.9. The van der Waals surface area contributed by atoms with Crippen LogP contribution in [0.1, 0.15) is 24.6 Å². The Morgan fingerprint density at radius 3 is 3.07 bits per heavy atom. The third-order valence-corrected chi connectivity index (χ3v) is 3.75. The van der Waals surface area contributed by atoms with Crippen molar-refractivity contribution in [1.82, 2.24) is 5.32 Å². The van der Waals surface area contributed by atoms with Gasteiger partial charge in [0.05, 0.1) is 0 Å². The summed E-state index contributed by atoms with van der Waals surface area (Å²) < 4.78 is 1.18. The molecule has 0 fully saturated rings. The summed E-state index contributed by atoms with van der Waals surface area (Å²) in [6.07, 6.45) is 4.22. The minimum absolute atomic E-state index is 0.564. The lowest BCUT2D eigenvalue weighted by Crippen LogP contribution is -2.24. The number of allylic oxidation sites excluding steroid dienone is 1. The maximum absolute atomic E-state index is 3.72. The standard InChI is InChI=1S/C11H16BrNS/c1-3-4-5-9(2)13-7-11-6-10(12)8-14-11/h3,6,8-9,13H,1,4-5,7H2,2H3/t9-/m1/s1. The summed E-state index contributed by atoms with van der Waals surface area (Å²) in [5.74, 6) is 0. The van der Waals surface area contributed by atoms with Crippen LogP contribution >= 0.6 is 27.3 Å². The van der Waals surface area contributed by atoms with E-state index in [9.17, 15) is 0 Å². The first-order chi connectivity index (χ1) is 6.72. The fourth-order valence-electron chi connectivity index (χ4n) is 1.19. The predicted octanol–water partition coefficient (Wildman–Crippen LogP) is 3.95. The second kappa shape index (κ2) is 6.38. The van der Waals surface area contributed by atoms with Crippen LogP contribution in [0.25, 0.3) is 0 Å². The van der Waals surface area contributed by atoms with Crippen LogP contribution in [-0.2, 0) is 6.54 Å². The fourth-order valence-corrected chi connectivity index (χ4v) is 2.59. The van der Waals surface area contributed by atoms with Gasteiger partial charge in [-0.2, -0.15) is 0 Å². The molecule has 1 nitrogen and oxygen atoms in total. The lowest BCUT2D eigenvalue weighted by Gasteiger charge is -2.11. The number of rotatable bonds is 6. The maximum atomic E-state index is 3.72. The second-order valence-corrected chi connectivity index (χ2v) is 5.29. The monoisotopic (exact) mass is 273 g/mol. The van der Waals surface area contributed by atoms with Crippen molar-refractivity contribution in [3.8, 4) is 0 Å². The molecule has 1 N–H and O–H groups in total. The quantitative estimate of drug-likeness (QED) is 0.774. The third-order valence-electron chi connectivity index (χ3n) is 2.05. The van der Waals surface area contributed by atoms with Gasteiger partial charge in [-0.1, -0.05) is 6.08 Å². The van der Waals surface area contributed by atoms with Crippen LogP contribution in [0.4, 0.5) is 0 Å². The lowest BCUT2D eigenvalue weighted by molar-refractivity contribution is 0.521. The van der Waals surface area contributed by atoms with Crippen LogP contribution < -0.4 is 5.32 Å². The summed E-state index contributed by atoms with van der Waals surface area (Å²) in [5.41, 5.74) is 0. The molecule has 0 unspecified atom stereocenters. The van der Waals surface area contributed by atoms with Gasteiger partial charge in [-0.3, -0.25) is 0 Å². The van der Waals surface area contributed by atoms with Crippen molar-refractivity contribution in [2.45, 2.75) is 32.4 Å². The minimum Gasteiger partial charge on any atom is -0.309 e. The molecule has 3 heteroatoms. The Morgan fingerprint density at radius 1 is 1.71 bits per heavy atom. The van der Waals surface area contributed by atoms with Gasteiger partial charge in [0.2, 0.25) is 0 Å². The summed E-state index contributed by atoms with van der Waals surface area (Å²) in [5, 5.41) is 5.61. The Labute approximate surface area is 98.4 Å². The zero-order chi connectivity index (χ0) is 10.4. The van der Waals surface area contributed by atoms with Crippen LogP contribution in [-0.4, -0.2) is 6.04 Å². The van der Waals surface area contributed by atoms with Gasteiger partial charge in [0, 0.05) is 27.3 Å². The first-order valence-corrected chi connectivity index (χ1v) is 6.47. The minimum atomic E-state index is 0.564. The zero-order valence-electron chi connectivity index (χ0n) is 8.42. The molecule has 0 saturated heterocycles. The van der Waals surface area contributed by atoms with Crippen molar-refractivity contribution in [2.24, 2.45) is 0 Å². The number of hydrogen-bond donors (Lipinski definition) is 1. The highest BCUT2D eigenvalue weighted by molar-refractivity contribution is 9.10. The van der Waals surface area contributed by atoms with E-state index in [-0.39, 0.29) is 0 Å². The maximum Gasteiger partial charge on any atom is 0.0302 e. The van der Waals surface area contributed by atoms with Crippen molar-refractivity contribution >= 4 is 27.3 Å². The third kappa shape index (κ3) is 4.40. The Hall–Kier alpha value is -0.120. The molecule has 0 bridgehead atoms. The average molecular weight is 274 g/mol. The Balaban J connectivity index is 2.23. The van der Waals surface area contributed by atoms with Crippen LogP contribution in [0.2, 0.25) is 0 Å². The van der Waals surface area contributed by atoms with Gasteiger partial charge in [0.25, 0.3) is 0 Å². The molecule has 1 rings (SSSR count). The highest BCUT2D eigenvalue weighted by Crippen LogP contribution is 2.19. The van der Waals surface area contributed by atoms with E-state index < -0.39 is 0 Å². The van der Waals surface area contributed by atoms with Gasteiger partial charge in [0.1, 0.15) is 0 Å². The van der Waals surface area contributed by atoms with Crippen molar-refractivity contribution in [3.63, 3.8) is 0 Å². The summed E-state index contributed by atoms with van der Waals surface area (Å²) >= 11 is 5.24. The van der Waals surface area contributed by atoms with Crippen LogP contribution in [0.15, 0.2) is 28.6 Å². The second-order valence-electron chi connectivity index (χ2n) is 3.38. The topological polar surface area (TPSA) is 12.0 Å². The molecule has 14 heavy (non-hydrogen) atoms. The molecule has 0 aromatic carbocycles. The fraction of sp³-hybridized carbons (Fsp3) is 0.455. The molecule has 0 spiro atoms. The number of hydrogen-bond acceptors (Lipinski definition) is 2. The van der Waals surface area contributed by atoms with E-state index in [4.69, 9.17) is 0 Å². The number of nitrogens with one attached hydrogen (secondary N) is 1. The molecule has 78 valence electrons. The molecule has 1 aromatic rings. The van der Waals surface area contributed by atoms with E-state index in [1.54, 1.807) is 11.3 Å². The molecule has 0 radical (unpaired) electrons. The van der Waals surface area contributed by atoms with Crippen LogP contribution in [0.5, 0.6) is 0 Å². The Kier molecular flexibility index (Phi) is 5.45. The molecule has 0 amide bonds. The molecular weight excluding hydrogens is 258 g/mol. The van der Waals surface area contributed by atoms with Gasteiger partial charge in [-0.25, -0.2) is 0 Å². The molecule has 0 aliphatic heterocycles. The van der Waals surface area contributed by atoms with E-state index in [2.05, 4.69) is 46.2 Å². The molecule has 1 atom stereocenters. The first kappa shape index (κ1) is 12.0. The summed E-state index contributed by atoms with van der Waals surface area (Å²) in [4.78, 5) is 1.38. The molecule has 0 aliphatic carbocycles. The van der Waals surface area contributed by atoms with Crippen LogP contribution in [0.3, 0.4) is 0 Å². The Bertz CT molecular complexity index is 283. The number of thiophene rings is 1. The van der Waals surface area contributed by atoms with Gasteiger partial charge < -0.3 is 5.32 Å². The summed E-state index contributed by atoms with van der Waals surface area (Å²) in [6.45, 7) is 6.90. The van der Waals surface area contributed by atoms with Crippen molar-refractivity contribution in [2.75, 3.05) is 0 Å². The molecule has 1 heterocycles. The zero-order valence-corrected chi connectivity index (χ0v) is 10.8. The molecular formula is C11H16BrNS. The normalized spacial score (nSPS) is 12.7. The van der Waals surface area contributed by atoms with Crippen molar-refractivity contribution in [1.29, 1.82) is 0 Å². The largest absolute Gasteiger partial charge is 0.309 e. The van der Waals surface area contributed by atoms with E-state index in [0.29, 0.717) is 6.04 Å². The van der Waals surface area contributed by atoms with Gasteiger partial charge in [0.15, 0.2) is 0 Å². The summed E-state index contributed by atoms with van der Waals surface area (Å²) in [6, 6.07) is 2.73. The van der Waals surface area contributed by atoms with Crippen molar-refractivity contribution in [3.05, 3.63) is 33.5 Å². The molecule has 0 aliphatic rings. The highest BCUT2D eigenvalue weighted by Gasteiger charge is 2.01. The van der Waals surface area contributed by atoms with E-state index in [1.165, 1.54) is 9.35 Å². The predicted molar refractivity (Wildman–Crippen MR) is 67.8 cm³/mol. The SMILES string of the molecule is C=CCC[C@@H](C)NCc1cc(Br)cs1. The van der Waals surface area contributed by atoms with Gasteiger partial charge >= 0.3 is 0 Å². The molecule has 0 saturated carbocycles. The van der Waals surface area contributed by atoms with E-state index >= 15 is 0 Å².